The van der Waals surface area contributed by atoms with Crippen LogP contribution in [0.3, 0.4) is 0 Å². The Morgan fingerprint density at radius 1 is 1.22 bits per heavy atom. The Kier molecular flexibility index (Phi) is 6.62. The Balaban J connectivity index is 2.88. The third-order valence-corrected chi connectivity index (χ3v) is 2.09. The molecule has 9 heavy (non-hydrogen) atoms. The summed E-state index contributed by atoms with van der Waals surface area (Å²) in [7, 11) is 0. The summed E-state index contributed by atoms with van der Waals surface area (Å²) in [4.78, 5) is 0. The molecule has 0 aromatic heterocycles. The predicted octanol–water partition coefficient (Wildman–Crippen LogP) is 3.58. The lowest BCUT2D eigenvalue weighted by atomic mass is 10.1. The lowest BCUT2D eigenvalue weighted by Gasteiger charge is -2.03. The van der Waals surface area contributed by atoms with Crippen molar-refractivity contribution < 1.29 is 0 Å². The van der Waals surface area contributed by atoms with Crippen LogP contribution in [0.25, 0.3) is 0 Å². The second kappa shape index (κ2) is 6.41. The second-order valence-corrected chi connectivity index (χ2v) is 3.12. The van der Waals surface area contributed by atoms with E-state index < -0.39 is 0 Å². The van der Waals surface area contributed by atoms with Crippen LogP contribution in [-0.4, -0.2) is 5.38 Å². The van der Waals surface area contributed by atoms with Crippen molar-refractivity contribution in [1.29, 1.82) is 0 Å². The molecule has 1 heteroatoms. The molecule has 0 aromatic carbocycles. The Morgan fingerprint density at radius 2 is 1.89 bits per heavy atom. The van der Waals surface area contributed by atoms with Crippen molar-refractivity contribution in [3.63, 3.8) is 0 Å². The minimum absolute atomic E-state index is 0.427. The summed E-state index contributed by atoms with van der Waals surface area (Å²) in [5.74, 6) is 0. The fourth-order valence-electron chi connectivity index (χ4n) is 0.820. The average Bonchev–Trinajstić information content (AvgIpc) is 1.89. The van der Waals surface area contributed by atoms with E-state index in [0.29, 0.717) is 5.38 Å². The summed E-state index contributed by atoms with van der Waals surface area (Å²) in [5, 5.41) is 0.427. The first-order valence-corrected chi connectivity index (χ1v) is 4.39. The molecule has 0 saturated heterocycles. The van der Waals surface area contributed by atoms with Gasteiger partial charge in [0.15, 0.2) is 0 Å². The molecule has 0 aliphatic heterocycles. The standard InChI is InChI=1S/C8H17Cl/c1-3-5-6-7-8(9)4-2/h8H,3-7H2,1-2H3/t8-/m1/s1. The molecule has 0 fully saturated rings. The molecular weight excluding hydrogens is 132 g/mol. The van der Waals surface area contributed by atoms with Gasteiger partial charge < -0.3 is 0 Å². The molecule has 0 unspecified atom stereocenters. The van der Waals surface area contributed by atoms with Crippen LogP contribution in [0.15, 0.2) is 0 Å². The van der Waals surface area contributed by atoms with Gasteiger partial charge in [0, 0.05) is 5.38 Å². The van der Waals surface area contributed by atoms with Gasteiger partial charge in [-0.05, 0) is 12.8 Å². The van der Waals surface area contributed by atoms with E-state index in [9.17, 15) is 0 Å². The van der Waals surface area contributed by atoms with Crippen LogP contribution in [0.4, 0.5) is 0 Å². The molecule has 0 saturated carbocycles. The molecule has 0 radical (unpaired) electrons. The van der Waals surface area contributed by atoms with Crippen molar-refractivity contribution in [3.05, 3.63) is 0 Å². The number of hydrogen-bond acceptors (Lipinski definition) is 0. The Labute approximate surface area is 63.6 Å². The van der Waals surface area contributed by atoms with Crippen LogP contribution in [0.5, 0.6) is 0 Å². The predicted molar refractivity (Wildman–Crippen MR) is 44.1 cm³/mol. The van der Waals surface area contributed by atoms with Crippen molar-refractivity contribution in [2.75, 3.05) is 0 Å². The maximum absolute atomic E-state index is 5.90. The molecule has 0 spiro atoms. The summed E-state index contributed by atoms with van der Waals surface area (Å²) < 4.78 is 0. The number of unbranched alkanes of at least 4 members (excludes halogenated alkanes) is 2. The number of hydrogen-bond donors (Lipinski definition) is 0. The molecule has 0 heterocycles. The van der Waals surface area contributed by atoms with Gasteiger partial charge in [0.2, 0.25) is 0 Å². The normalized spacial score (nSPS) is 13.7. The Morgan fingerprint density at radius 3 is 2.33 bits per heavy atom. The van der Waals surface area contributed by atoms with E-state index in [-0.39, 0.29) is 0 Å². The SMILES string of the molecule is CCCCC[C@H](Cl)CC. The van der Waals surface area contributed by atoms with Gasteiger partial charge in [-0.1, -0.05) is 33.1 Å². The number of halogens is 1. The van der Waals surface area contributed by atoms with Gasteiger partial charge in [0.25, 0.3) is 0 Å². The highest BCUT2D eigenvalue weighted by atomic mass is 35.5. The van der Waals surface area contributed by atoms with E-state index in [2.05, 4.69) is 13.8 Å². The summed E-state index contributed by atoms with van der Waals surface area (Å²) in [6.45, 7) is 4.36. The molecule has 0 amide bonds. The molecule has 0 nitrogen and oxygen atoms in total. The van der Waals surface area contributed by atoms with Crippen LogP contribution in [0.1, 0.15) is 46.0 Å². The second-order valence-electron chi connectivity index (χ2n) is 2.50. The largest absolute Gasteiger partial charge is 0.123 e. The van der Waals surface area contributed by atoms with E-state index in [1.54, 1.807) is 0 Å². The van der Waals surface area contributed by atoms with E-state index in [0.717, 1.165) is 6.42 Å². The molecule has 0 aliphatic carbocycles. The van der Waals surface area contributed by atoms with Gasteiger partial charge in [-0.2, -0.15) is 0 Å². The number of alkyl halides is 1. The molecule has 0 aromatic rings. The smallest absolute Gasteiger partial charge is 0.0333 e. The van der Waals surface area contributed by atoms with Crippen LogP contribution >= 0.6 is 11.6 Å². The molecule has 0 rings (SSSR count). The number of rotatable bonds is 5. The first-order valence-electron chi connectivity index (χ1n) is 3.95. The Hall–Kier alpha value is 0.290. The van der Waals surface area contributed by atoms with Gasteiger partial charge in [-0.3, -0.25) is 0 Å². The molecule has 0 bridgehead atoms. The van der Waals surface area contributed by atoms with Crippen molar-refractivity contribution in [1.82, 2.24) is 0 Å². The van der Waals surface area contributed by atoms with Crippen molar-refractivity contribution >= 4 is 11.6 Å². The monoisotopic (exact) mass is 148 g/mol. The van der Waals surface area contributed by atoms with Crippen LogP contribution in [-0.2, 0) is 0 Å². The van der Waals surface area contributed by atoms with Crippen molar-refractivity contribution in [2.24, 2.45) is 0 Å². The minimum atomic E-state index is 0.427. The Bertz CT molecular complexity index is 52.5. The summed E-state index contributed by atoms with van der Waals surface area (Å²) in [6, 6.07) is 0. The van der Waals surface area contributed by atoms with Crippen LogP contribution in [0.2, 0.25) is 0 Å². The summed E-state index contributed by atoms with van der Waals surface area (Å²) >= 11 is 5.90. The highest BCUT2D eigenvalue weighted by Crippen LogP contribution is 2.11. The zero-order chi connectivity index (χ0) is 7.11. The van der Waals surface area contributed by atoms with Crippen molar-refractivity contribution in [2.45, 2.75) is 51.3 Å². The topological polar surface area (TPSA) is 0 Å². The van der Waals surface area contributed by atoms with Crippen LogP contribution in [0, 0.1) is 0 Å². The maximum Gasteiger partial charge on any atom is 0.0333 e. The fourth-order valence-corrected chi connectivity index (χ4v) is 0.974. The van der Waals surface area contributed by atoms with E-state index in [4.69, 9.17) is 11.6 Å². The first-order chi connectivity index (χ1) is 4.31. The lowest BCUT2D eigenvalue weighted by Crippen LogP contribution is -1.94. The molecular formula is C8H17Cl. The van der Waals surface area contributed by atoms with Gasteiger partial charge in [0.05, 0.1) is 0 Å². The first kappa shape index (κ1) is 9.29. The zero-order valence-electron chi connectivity index (χ0n) is 6.49. The lowest BCUT2D eigenvalue weighted by molar-refractivity contribution is 0.630. The summed E-state index contributed by atoms with van der Waals surface area (Å²) in [6.07, 6.45) is 6.26. The van der Waals surface area contributed by atoms with Gasteiger partial charge in [0.1, 0.15) is 0 Å². The van der Waals surface area contributed by atoms with Gasteiger partial charge in [-0.15, -0.1) is 11.6 Å². The van der Waals surface area contributed by atoms with E-state index in [1.807, 2.05) is 0 Å². The molecule has 56 valence electrons. The summed E-state index contributed by atoms with van der Waals surface area (Å²) in [5.41, 5.74) is 0. The van der Waals surface area contributed by atoms with Crippen LogP contribution < -0.4 is 0 Å². The maximum atomic E-state index is 5.90. The third kappa shape index (κ3) is 6.17. The molecule has 0 aliphatic rings. The minimum Gasteiger partial charge on any atom is -0.123 e. The highest BCUT2D eigenvalue weighted by Gasteiger charge is 1.98. The molecule has 1 atom stereocenters. The zero-order valence-corrected chi connectivity index (χ0v) is 7.25. The molecule has 0 N–H and O–H groups in total. The average molecular weight is 149 g/mol. The van der Waals surface area contributed by atoms with E-state index >= 15 is 0 Å². The van der Waals surface area contributed by atoms with Gasteiger partial charge >= 0.3 is 0 Å². The van der Waals surface area contributed by atoms with Gasteiger partial charge in [-0.25, -0.2) is 0 Å². The third-order valence-electron chi connectivity index (χ3n) is 1.56. The van der Waals surface area contributed by atoms with Crippen molar-refractivity contribution in [3.8, 4) is 0 Å². The van der Waals surface area contributed by atoms with E-state index in [1.165, 1.54) is 25.7 Å². The fraction of sp³-hybridized carbons (Fsp3) is 1.00. The quantitative estimate of drug-likeness (QED) is 0.413. The highest BCUT2D eigenvalue weighted by molar-refractivity contribution is 6.20.